The van der Waals surface area contributed by atoms with Crippen LogP contribution in [0.4, 0.5) is 5.69 Å². The first-order valence-corrected chi connectivity index (χ1v) is 9.57. The maximum atomic E-state index is 12.9. The van der Waals surface area contributed by atoms with Crippen molar-refractivity contribution in [1.82, 2.24) is 10.2 Å². The van der Waals surface area contributed by atoms with Crippen LogP contribution in [0.5, 0.6) is 0 Å². The number of nitrogens with one attached hydrogen (secondary N) is 2. The van der Waals surface area contributed by atoms with Crippen LogP contribution in [0.15, 0.2) is 41.8 Å². The molecule has 6 heteroatoms. The normalized spacial score (nSPS) is 29.4. The van der Waals surface area contributed by atoms with Crippen molar-refractivity contribution >= 4 is 28.8 Å². The lowest BCUT2D eigenvalue weighted by Crippen LogP contribution is -2.64. The van der Waals surface area contributed by atoms with Gasteiger partial charge in [-0.1, -0.05) is 18.2 Å². The molecule has 2 fully saturated rings. The number of amides is 2. The lowest BCUT2D eigenvalue weighted by Gasteiger charge is -2.43. The van der Waals surface area contributed by atoms with Gasteiger partial charge in [0.25, 0.3) is 5.91 Å². The van der Waals surface area contributed by atoms with E-state index in [0.717, 1.165) is 29.8 Å². The average molecular weight is 353 g/mol. The van der Waals surface area contributed by atoms with E-state index in [0.29, 0.717) is 12.0 Å². The zero-order valence-corrected chi connectivity index (χ0v) is 14.5. The van der Waals surface area contributed by atoms with Gasteiger partial charge in [0.05, 0.1) is 18.0 Å². The molecular weight excluding hydrogens is 334 g/mol. The summed E-state index contributed by atoms with van der Waals surface area (Å²) in [4.78, 5) is 28.6. The molecule has 0 aliphatic carbocycles. The Hall–Kier alpha value is -2.34. The number of hydrogen-bond acceptors (Lipinski definition) is 4. The van der Waals surface area contributed by atoms with Crippen molar-refractivity contribution in [2.75, 3.05) is 5.32 Å². The van der Waals surface area contributed by atoms with Gasteiger partial charge in [-0.3, -0.25) is 9.59 Å². The van der Waals surface area contributed by atoms with Crippen molar-refractivity contribution in [3.8, 4) is 0 Å². The van der Waals surface area contributed by atoms with Crippen LogP contribution in [0, 0.1) is 0 Å². The number of hydrogen-bond donors (Lipinski definition) is 2. The summed E-state index contributed by atoms with van der Waals surface area (Å²) in [5.74, 6) is 0.120. The smallest absolute Gasteiger partial charge is 0.255 e. The Balaban J connectivity index is 1.44. The van der Waals surface area contributed by atoms with E-state index in [4.69, 9.17) is 0 Å². The summed E-state index contributed by atoms with van der Waals surface area (Å²) >= 11 is 1.62. The lowest BCUT2D eigenvalue weighted by molar-refractivity contribution is -0.132. The third-order valence-corrected chi connectivity index (χ3v) is 6.56. The molecule has 3 aliphatic heterocycles. The van der Waals surface area contributed by atoms with Gasteiger partial charge in [-0.25, -0.2) is 0 Å². The van der Waals surface area contributed by atoms with Gasteiger partial charge in [0.15, 0.2) is 0 Å². The van der Waals surface area contributed by atoms with E-state index in [1.54, 1.807) is 11.3 Å². The summed E-state index contributed by atoms with van der Waals surface area (Å²) in [6.45, 7) is 0. The highest BCUT2D eigenvalue weighted by Gasteiger charge is 2.59. The summed E-state index contributed by atoms with van der Waals surface area (Å²) in [6, 6.07) is 11.8. The lowest BCUT2D eigenvalue weighted by atomic mass is 9.86. The Kier molecular flexibility index (Phi) is 3.19. The largest absolute Gasteiger partial charge is 0.360 e. The van der Waals surface area contributed by atoms with E-state index >= 15 is 0 Å². The zero-order chi connectivity index (χ0) is 17.0. The van der Waals surface area contributed by atoms with E-state index in [-0.39, 0.29) is 23.9 Å². The van der Waals surface area contributed by atoms with Crippen molar-refractivity contribution < 1.29 is 9.59 Å². The van der Waals surface area contributed by atoms with E-state index in [9.17, 15) is 9.59 Å². The molecule has 1 spiro atoms. The molecule has 128 valence electrons. The first kappa shape index (κ1) is 15.0. The van der Waals surface area contributed by atoms with Gasteiger partial charge >= 0.3 is 0 Å². The average Bonchev–Trinajstić information content (AvgIpc) is 3.30. The predicted molar refractivity (Wildman–Crippen MR) is 96.6 cm³/mol. The van der Waals surface area contributed by atoms with E-state index in [1.165, 1.54) is 0 Å². The van der Waals surface area contributed by atoms with E-state index in [2.05, 4.69) is 10.6 Å². The second kappa shape index (κ2) is 5.33. The topological polar surface area (TPSA) is 61.4 Å². The molecular formula is C19H19N3O2S. The fourth-order valence-electron chi connectivity index (χ4n) is 4.71. The molecule has 0 radical (unpaired) electrons. The minimum atomic E-state index is -0.528. The molecule has 4 heterocycles. The van der Waals surface area contributed by atoms with Gasteiger partial charge in [0.2, 0.25) is 5.91 Å². The molecule has 2 amide bonds. The minimum Gasteiger partial charge on any atom is -0.360 e. The summed E-state index contributed by atoms with van der Waals surface area (Å²) in [7, 11) is 0. The number of carbonyl (C=O) groups excluding carboxylic acids is 2. The van der Waals surface area contributed by atoms with E-state index in [1.807, 2.05) is 46.7 Å². The highest BCUT2D eigenvalue weighted by atomic mass is 32.1. The summed E-state index contributed by atoms with van der Waals surface area (Å²) in [6.07, 6.45) is 3.16. The maximum Gasteiger partial charge on any atom is 0.255 e. The third kappa shape index (κ3) is 2.20. The zero-order valence-electron chi connectivity index (χ0n) is 13.7. The molecule has 5 nitrogen and oxygen atoms in total. The standard InChI is InChI=1S/C19H19N3O2S/c23-17(10-13-4-3-9-25-13)22-12-7-8-16(22)19(11-12)20-15-6-2-1-5-14(15)18(24)21-19/h1-6,9,12,16,20H,7-8,10-11H2,(H,21,24)/t12-,16-,19+/m1/s1. The van der Waals surface area contributed by atoms with Crippen molar-refractivity contribution in [1.29, 1.82) is 0 Å². The summed E-state index contributed by atoms with van der Waals surface area (Å²) in [5, 5.41) is 8.74. The Morgan fingerprint density at radius 1 is 1.20 bits per heavy atom. The predicted octanol–water partition coefficient (Wildman–Crippen LogP) is 2.61. The fourth-order valence-corrected chi connectivity index (χ4v) is 5.40. The molecule has 2 saturated heterocycles. The number of carbonyl (C=O) groups is 2. The van der Waals surface area contributed by atoms with Gasteiger partial charge in [-0.2, -0.15) is 0 Å². The van der Waals surface area contributed by atoms with Gasteiger partial charge in [-0.05, 0) is 36.4 Å². The minimum absolute atomic E-state index is 0.0160. The molecule has 1 aromatic carbocycles. The molecule has 1 aromatic heterocycles. The van der Waals surface area contributed by atoms with Crippen molar-refractivity contribution in [3.05, 3.63) is 52.2 Å². The Morgan fingerprint density at radius 2 is 2.08 bits per heavy atom. The fraction of sp³-hybridized carbons (Fsp3) is 0.368. The Bertz CT molecular complexity index is 850. The molecule has 5 rings (SSSR count). The van der Waals surface area contributed by atoms with Crippen LogP contribution in [0.1, 0.15) is 34.5 Å². The molecule has 25 heavy (non-hydrogen) atoms. The third-order valence-electron chi connectivity index (χ3n) is 5.69. The van der Waals surface area contributed by atoms with E-state index < -0.39 is 5.66 Å². The second-order valence-electron chi connectivity index (χ2n) is 7.10. The highest BCUT2D eigenvalue weighted by molar-refractivity contribution is 7.10. The maximum absolute atomic E-state index is 12.9. The van der Waals surface area contributed by atoms with Crippen LogP contribution in [0.25, 0.3) is 0 Å². The summed E-state index contributed by atoms with van der Waals surface area (Å²) in [5.41, 5.74) is 1.01. The van der Waals surface area contributed by atoms with Crippen molar-refractivity contribution in [3.63, 3.8) is 0 Å². The van der Waals surface area contributed by atoms with Gasteiger partial charge < -0.3 is 15.5 Å². The number of para-hydroxylation sites is 1. The molecule has 0 saturated carbocycles. The molecule has 2 N–H and O–H groups in total. The van der Waals surface area contributed by atoms with Gasteiger partial charge in [-0.15, -0.1) is 11.3 Å². The number of thiophene rings is 1. The number of anilines is 1. The SMILES string of the molecule is O=C1N[C@]2(C[C@H]3CC[C@H]2N3C(=O)Cc2cccs2)Nc2ccccc21. The highest BCUT2D eigenvalue weighted by Crippen LogP contribution is 2.46. The van der Waals surface area contributed by atoms with Gasteiger partial charge in [0.1, 0.15) is 5.66 Å². The first-order chi connectivity index (χ1) is 12.2. The molecule has 2 aromatic rings. The first-order valence-electron chi connectivity index (χ1n) is 8.69. The van der Waals surface area contributed by atoms with Crippen LogP contribution in [-0.4, -0.2) is 34.5 Å². The van der Waals surface area contributed by atoms with Crippen LogP contribution in [0.2, 0.25) is 0 Å². The number of rotatable bonds is 2. The molecule has 3 aliphatic rings. The van der Waals surface area contributed by atoms with Crippen molar-refractivity contribution in [2.24, 2.45) is 0 Å². The Labute approximate surface area is 150 Å². The van der Waals surface area contributed by atoms with Crippen LogP contribution in [-0.2, 0) is 11.2 Å². The van der Waals surface area contributed by atoms with Crippen LogP contribution < -0.4 is 10.6 Å². The number of benzene rings is 1. The van der Waals surface area contributed by atoms with Crippen LogP contribution in [0.3, 0.4) is 0 Å². The van der Waals surface area contributed by atoms with Crippen LogP contribution >= 0.6 is 11.3 Å². The number of fused-ring (bicyclic) bond motifs is 4. The Morgan fingerprint density at radius 3 is 2.92 bits per heavy atom. The van der Waals surface area contributed by atoms with Gasteiger partial charge in [0, 0.05) is 23.0 Å². The monoisotopic (exact) mass is 353 g/mol. The summed E-state index contributed by atoms with van der Waals surface area (Å²) < 4.78 is 0. The second-order valence-corrected chi connectivity index (χ2v) is 8.14. The molecule has 2 bridgehead atoms. The number of nitrogens with zero attached hydrogens (tertiary/aromatic N) is 1. The molecule has 0 unspecified atom stereocenters. The van der Waals surface area contributed by atoms with Crippen molar-refractivity contribution in [2.45, 2.75) is 43.4 Å². The molecule has 3 atom stereocenters. The quantitative estimate of drug-likeness (QED) is 0.872.